The van der Waals surface area contributed by atoms with Gasteiger partial charge < -0.3 is 0 Å². The second-order valence-electron chi connectivity index (χ2n) is 3.48. The molecule has 2 unspecified atom stereocenters. The topological polar surface area (TPSA) is 0 Å². The summed E-state index contributed by atoms with van der Waals surface area (Å²) in [6.07, 6.45) is 4.56. The van der Waals surface area contributed by atoms with Crippen molar-refractivity contribution in [2.24, 2.45) is 5.41 Å². The summed E-state index contributed by atoms with van der Waals surface area (Å²) in [6.45, 7) is 4.27. The van der Waals surface area contributed by atoms with E-state index in [2.05, 4.69) is 13.8 Å². The Hall–Kier alpha value is 0.580. The molecule has 0 aromatic heterocycles. The van der Waals surface area contributed by atoms with Crippen molar-refractivity contribution in [1.82, 2.24) is 0 Å². The summed E-state index contributed by atoms with van der Waals surface area (Å²) in [4.78, 5) is 0. The summed E-state index contributed by atoms with van der Waals surface area (Å²) in [7, 11) is 0. The molecular weight excluding hydrogens is 179 g/mol. The third kappa shape index (κ3) is 1.67. The summed E-state index contributed by atoms with van der Waals surface area (Å²) in [5.41, 5.74) is 0.298. The van der Waals surface area contributed by atoms with Gasteiger partial charge in [-0.05, 0) is 25.7 Å². The maximum absolute atomic E-state index is 6.21. The molecule has 1 aliphatic carbocycles. The zero-order valence-electron chi connectivity index (χ0n) is 7.24. The van der Waals surface area contributed by atoms with Crippen LogP contribution in [0.5, 0.6) is 0 Å². The standard InChI is InChI=1S/C9H16Cl2/c1-3-7(10)9(5-6-9)8(11)4-2/h7-8H,3-6H2,1-2H3. The molecule has 0 bridgehead atoms. The van der Waals surface area contributed by atoms with E-state index in [0.717, 1.165) is 12.8 Å². The summed E-state index contributed by atoms with van der Waals surface area (Å²) < 4.78 is 0. The van der Waals surface area contributed by atoms with Gasteiger partial charge in [-0.1, -0.05) is 13.8 Å². The van der Waals surface area contributed by atoms with Crippen molar-refractivity contribution in [3.05, 3.63) is 0 Å². The van der Waals surface area contributed by atoms with E-state index in [1.165, 1.54) is 12.8 Å². The molecule has 1 rings (SSSR count). The molecule has 1 fully saturated rings. The monoisotopic (exact) mass is 194 g/mol. The Morgan fingerprint density at radius 3 is 1.64 bits per heavy atom. The quantitative estimate of drug-likeness (QED) is 0.598. The lowest BCUT2D eigenvalue weighted by Crippen LogP contribution is -2.25. The van der Waals surface area contributed by atoms with E-state index in [0.29, 0.717) is 16.2 Å². The molecule has 1 aliphatic rings. The number of alkyl halides is 2. The second-order valence-corrected chi connectivity index (χ2v) is 4.54. The largest absolute Gasteiger partial charge is 0.122 e. The highest BCUT2D eigenvalue weighted by molar-refractivity contribution is 6.24. The lowest BCUT2D eigenvalue weighted by molar-refractivity contribution is 0.434. The normalized spacial score (nSPS) is 26.2. The molecular formula is C9H16Cl2. The molecule has 66 valence electrons. The number of rotatable bonds is 4. The van der Waals surface area contributed by atoms with Crippen molar-refractivity contribution in [3.8, 4) is 0 Å². The lowest BCUT2D eigenvalue weighted by Gasteiger charge is -2.24. The molecule has 0 aliphatic heterocycles. The smallest absolute Gasteiger partial charge is 0.0403 e. The van der Waals surface area contributed by atoms with Crippen LogP contribution in [0.15, 0.2) is 0 Å². The maximum atomic E-state index is 6.21. The Labute approximate surface area is 79.3 Å². The van der Waals surface area contributed by atoms with E-state index >= 15 is 0 Å². The molecule has 11 heavy (non-hydrogen) atoms. The van der Waals surface area contributed by atoms with Crippen molar-refractivity contribution >= 4 is 23.2 Å². The Balaban J connectivity index is 2.52. The molecule has 0 radical (unpaired) electrons. The average molecular weight is 195 g/mol. The highest BCUT2D eigenvalue weighted by Crippen LogP contribution is 2.57. The fraction of sp³-hybridized carbons (Fsp3) is 1.00. The average Bonchev–Trinajstić information content (AvgIpc) is 2.82. The van der Waals surface area contributed by atoms with Crippen LogP contribution in [0.1, 0.15) is 39.5 Å². The Bertz CT molecular complexity index is 118. The molecule has 0 nitrogen and oxygen atoms in total. The first kappa shape index (κ1) is 9.67. The molecule has 1 saturated carbocycles. The maximum Gasteiger partial charge on any atom is 0.0403 e. The minimum Gasteiger partial charge on any atom is -0.122 e. The van der Waals surface area contributed by atoms with Gasteiger partial charge in [-0.15, -0.1) is 23.2 Å². The second kappa shape index (κ2) is 3.53. The first-order valence-corrected chi connectivity index (χ1v) is 5.32. The first-order chi connectivity index (χ1) is 5.17. The summed E-state index contributed by atoms with van der Waals surface area (Å²) in [5.74, 6) is 0. The van der Waals surface area contributed by atoms with Gasteiger partial charge in [0.05, 0.1) is 0 Å². The van der Waals surface area contributed by atoms with E-state index in [9.17, 15) is 0 Å². The third-order valence-corrected chi connectivity index (χ3v) is 4.28. The van der Waals surface area contributed by atoms with Gasteiger partial charge >= 0.3 is 0 Å². The number of hydrogen-bond donors (Lipinski definition) is 0. The molecule has 0 amide bonds. The van der Waals surface area contributed by atoms with Crippen molar-refractivity contribution in [2.45, 2.75) is 50.3 Å². The highest BCUT2D eigenvalue weighted by atomic mass is 35.5. The van der Waals surface area contributed by atoms with Gasteiger partial charge in [0.2, 0.25) is 0 Å². The van der Waals surface area contributed by atoms with Gasteiger partial charge in [-0.3, -0.25) is 0 Å². The summed E-state index contributed by atoms with van der Waals surface area (Å²) in [6, 6.07) is 0. The van der Waals surface area contributed by atoms with Gasteiger partial charge in [0.25, 0.3) is 0 Å². The Morgan fingerprint density at radius 1 is 1.09 bits per heavy atom. The van der Waals surface area contributed by atoms with Crippen LogP contribution in [0.25, 0.3) is 0 Å². The SMILES string of the molecule is CCC(Cl)C1(C(Cl)CC)CC1. The van der Waals surface area contributed by atoms with Crippen molar-refractivity contribution < 1.29 is 0 Å². The predicted molar refractivity (Wildman–Crippen MR) is 51.5 cm³/mol. The van der Waals surface area contributed by atoms with Gasteiger partial charge in [-0.2, -0.15) is 0 Å². The van der Waals surface area contributed by atoms with Gasteiger partial charge in [-0.25, -0.2) is 0 Å². The zero-order valence-corrected chi connectivity index (χ0v) is 8.75. The highest BCUT2D eigenvalue weighted by Gasteiger charge is 2.52. The Kier molecular flexibility index (Phi) is 3.10. The lowest BCUT2D eigenvalue weighted by atomic mass is 9.94. The van der Waals surface area contributed by atoms with E-state index in [1.54, 1.807) is 0 Å². The van der Waals surface area contributed by atoms with Crippen LogP contribution in [0.2, 0.25) is 0 Å². The van der Waals surface area contributed by atoms with Crippen molar-refractivity contribution in [1.29, 1.82) is 0 Å². The van der Waals surface area contributed by atoms with Crippen molar-refractivity contribution in [2.75, 3.05) is 0 Å². The summed E-state index contributed by atoms with van der Waals surface area (Å²) in [5, 5.41) is 0.592. The van der Waals surface area contributed by atoms with Crippen LogP contribution >= 0.6 is 23.2 Å². The minimum absolute atomic E-state index is 0.296. The van der Waals surface area contributed by atoms with E-state index < -0.39 is 0 Å². The van der Waals surface area contributed by atoms with Crippen molar-refractivity contribution in [3.63, 3.8) is 0 Å². The van der Waals surface area contributed by atoms with Crippen LogP contribution < -0.4 is 0 Å². The van der Waals surface area contributed by atoms with Gasteiger partial charge in [0, 0.05) is 16.2 Å². The fourth-order valence-electron chi connectivity index (χ4n) is 1.78. The fourth-order valence-corrected chi connectivity index (χ4v) is 2.59. The number of hydrogen-bond acceptors (Lipinski definition) is 0. The van der Waals surface area contributed by atoms with Crippen LogP contribution in [-0.2, 0) is 0 Å². The zero-order chi connectivity index (χ0) is 8.48. The van der Waals surface area contributed by atoms with Crippen LogP contribution in [-0.4, -0.2) is 10.8 Å². The van der Waals surface area contributed by atoms with Crippen LogP contribution in [0.3, 0.4) is 0 Å². The van der Waals surface area contributed by atoms with E-state index in [4.69, 9.17) is 23.2 Å². The first-order valence-electron chi connectivity index (χ1n) is 4.45. The minimum atomic E-state index is 0.296. The summed E-state index contributed by atoms with van der Waals surface area (Å²) >= 11 is 12.4. The van der Waals surface area contributed by atoms with E-state index in [1.807, 2.05) is 0 Å². The van der Waals surface area contributed by atoms with Gasteiger partial charge in [0.15, 0.2) is 0 Å². The molecule has 0 saturated heterocycles. The molecule has 2 heteroatoms. The molecule has 2 atom stereocenters. The van der Waals surface area contributed by atoms with Crippen LogP contribution in [0, 0.1) is 5.41 Å². The third-order valence-electron chi connectivity index (χ3n) is 2.79. The van der Waals surface area contributed by atoms with Crippen LogP contribution in [0.4, 0.5) is 0 Å². The molecule has 0 heterocycles. The number of halogens is 2. The Morgan fingerprint density at radius 2 is 1.45 bits per heavy atom. The molecule has 0 aromatic carbocycles. The molecule has 0 spiro atoms. The molecule has 0 aromatic rings. The van der Waals surface area contributed by atoms with E-state index in [-0.39, 0.29) is 0 Å². The predicted octanol–water partition coefficient (Wildman–Crippen LogP) is 3.80. The van der Waals surface area contributed by atoms with Gasteiger partial charge in [0.1, 0.15) is 0 Å². The molecule has 0 N–H and O–H groups in total.